The molecule has 7 nitrogen and oxygen atoms in total. The summed E-state index contributed by atoms with van der Waals surface area (Å²) in [5, 5.41) is 16.7. The summed E-state index contributed by atoms with van der Waals surface area (Å²) in [6, 6.07) is 0. The average molecular weight is 150 g/mol. The summed E-state index contributed by atoms with van der Waals surface area (Å²) >= 11 is 0. The SMILES string of the molecule is CCN(O[N+](=O)[O-])C(=O)O. The van der Waals surface area contributed by atoms with Gasteiger partial charge in [-0.1, -0.05) is 0 Å². The van der Waals surface area contributed by atoms with Crippen LogP contribution in [0.2, 0.25) is 0 Å². The van der Waals surface area contributed by atoms with E-state index in [2.05, 4.69) is 4.94 Å². The number of rotatable bonds is 3. The molecule has 0 saturated carbocycles. The number of nitrogens with zero attached hydrogens (tertiary/aromatic N) is 2. The molecule has 58 valence electrons. The highest BCUT2D eigenvalue weighted by atomic mass is 17.0. The number of carboxylic acid groups (broad SMARTS) is 1. The summed E-state index contributed by atoms with van der Waals surface area (Å²) in [7, 11) is 0. The number of carbonyl (C=O) groups is 1. The van der Waals surface area contributed by atoms with Crippen molar-refractivity contribution in [2.45, 2.75) is 6.92 Å². The van der Waals surface area contributed by atoms with Crippen molar-refractivity contribution in [3.63, 3.8) is 0 Å². The van der Waals surface area contributed by atoms with Crippen molar-refractivity contribution < 1.29 is 19.9 Å². The number of amides is 1. The lowest BCUT2D eigenvalue weighted by molar-refractivity contribution is -0.803. The van der Waals surface area contributed by atoms with Crippen molar-refractivity contribution in [2.24, 2.45) is 0 Å². The van der Waals surface area contributed by atoms with Gasteiger partial charge in [-0.25, -0.2) is 4.79 Å². The Kier molecular flexibility index (Phi) is 2.95. The zero-order chi connectivity index (χ0) is 8.15. The Balaban J connectivity index is 3.83. The van der Waals surface area contributed by atoms with Crippen LogP contribution in [0.1, 0.15) is 6.92 Å². The maximum atomic E-state index is 9.96. The molecular weight excluding hydrogens is 144 g/mol. The van der Waals surface area contributed by atoms with Gasteiger partial charge in [-0.3, -0.25) is 0 Å². The molecule has 0 spiro atoms. The van der Waals surface area contributed by atoms with E-state index in [0.717, 1.165) is 0 Å². The van der Waals surface area contributed by atoms with Crippen molar-refractivity contribution in [3.05, 3.63) is 10.1 Å². The molecule has 0 aliphatic carbocycles. The Labute approximate surface area is 55.9 Å². The van der Waals surface area contributed by atoms with Gasteiger partial charge < -0.3 is 5.11 Å². The monoisotopic (exact) mass is 150 g/mol. The van der Waals surface area contributed by atoms with Crippen LogP contribution in [0.25, 0.3) is 0 Å². The van der Waals surface area contributed by atoms with Gasteiger partial charge in [0.15, 0.2) is 0 Å². The largest absolute Gasteiger partial charge is 0.464 e. The van der Waals surface area contributed by atoms with Crippen LogP contribution in [0.3, 0.4) is 0 Å². The minimum absolute atomic E-state index is 0.0870. The Hall–Kier alpha value is -1.53. The minimum Gasteiger partial charge on any atom is -0.464 e. The molecule has 0 aliphatic heterocycles. The Morgan fingerprint density at radius 1 is 1.90 bits per heavy atom. The molecule has 0 unspecified atom stereocenters. The van der Waals surface area contributed by atoms with Gasteiger partial charge in [-0.2, -0.15) is 4.94 Å². The lowest BCUT2D eigenvalue weighted by atomic mass is 10.7. The highest BCUT2D eigenvalue weighted by Crippen LogP contribution is 1.89. The van der Waals surface area contributed by atoms with Gasteiger partial charge in [0.25, 0.3) is 0 Å². The Bertz CT molecular complexity index is 146. The Morgan fingerprint density at radius 3 is 2.50 bits per heavy atom. The normalized spacial score (nSPS) is 8.50. The first kappa shape index (κ1) is 8.47. The van der Waals surface area contributed by atoms with E-state index in [1.807, 2.05) is 0 Å². The van der Waals surface area contributed by atoms with Crippen LogP contribution in [0, 0.1) is 10.1 Å². The lowest BCUT2D eigenvalue weighted by Gasteiger charge is -2.10. The molecule has 0 aromatic rings. The van der Waals surface area contributed by atoms with E-state index in [-0.39, 0.29) is 11.6 Å². The van der Waals surface area contributed by atoms with E-state index < -0.39 is 11.2 Å². The quantitative estimate of drug-likeness (QED) is 0.455. The van der Waals surface area contributed by atoms with Crippen LogP contribution in [-0.2, 0) is 4.94 Å². The molecule has 0 aromatic heterocycles. The van der Waals surface area contributed by atoms with Crippen LogP contribution < -0.4 is 0 Å². The molecule has 1 amide bonds. The highest BCUT2D eigenvalue weighted by Gasteiger charge is 2.12. The second kappa shape index (κ2) is 3.49. The van der Waals surface area contributed by atoms with Crippen molar-refractivity contribution in [1.82, 2.24) is 5.06 Å². The number of hydrogen-bond acceptors (Lipinski definition) is 4. The van der Waals surface area contributed by atoms with Crippen molar-refractivity contribution >= 4 is 6.09 Å². The van der Waals surface area contributed by atoms with Crippen molar-refractivity contribution in [1.29, 1.82) is 0 Å². The zero-order valence-corrected chi connectivity index (χ0v) is 5.18. The smallest absolute Gasteiger partial charge is 0.431 e. The van der Waals surface area contributed by atoms with E-state index >= 15 is 0 Å². The van der Waals surface area contributed by atoms with E-state index in [9.17, 15) is 14.9 Å². The van der Waals surface area contributed by atoms with Crippen LogP contribution in [0.5, 0.6) is 0 Å². The standard InChI is InChI=1S/C3H6N2O5/c1-2-4(3(6)7)10-5(8)9/h2H2,1H3,(H,6,7). The molecule has 0 aromatic carbocycles. The molecular formula is C3H6N2O5. The first-order valence-corrected chi connectivity index (χ1v) is 2.40. The van der Waals surface area contributed by atoms with Crippen molar-refractivity contribution in [3.8, 4) is 0 Å². The predicted molar refractivity (Wildman–Crippen MR) is 28.5 cm³/mol. The van der Waals surface area contributed by atoms with Gasteiger partial charge in [-0.05, 0) is 6.92 Å². The third-order valence-corrected chi connectivity index (χ3v) is 0.666. The maximum Gasteiger partial charge on any atom is 0.431 e. The molecule has 1 N–H and O–H groups in total. The summed E-state index contributed by atoms with van der Waals surface area (Å²) in [4.78, 5) is 23.1. The molecule has 0 fully saturated rings. The molecule has 0 heterocycles. The van der Waals surface area contributed by atoms with Gasteiger partial charge in [0.2, 0.25) is 0 Å². The summed E-state index contributed by atoms with van der Waals surface area (Å²) in [5.41, 5.74) is 0. The van der Waals surface area contributed by atoms with Crippen LogP contribution >= 0.6 is 0 Å². The minimum atomic E-state index is -1.49. The molecule has 0 bridgehead atoms. The van der Waals surface area contributed by atoms with Gasteiger partial charge in [0.1, 0.15) is 0 Å². The van der Waals surface area contributed by atoms with Crippen LogP contribution in [-0.4, -0.2) is 27.9 Å². The molecule has 0 rings (SSSR count). The van der Waals surface area contributed by atoms with E-state index in [1.54, 1.807) is 0 Å². The van der Waals surface area contributed by atoms with Crippen LogP contribution in [0.15, 0.2) is 0 Å². The van der Waals surface area contributed by atoms with Crippen LogP contribution in [0.4, 0.5) is 4.79 Å². The predicted octanol–water partition coefficient (Wildman–Crippen LogP) is 0.110. The number of hydrogen-bond donors (Lipinski definition) is 1. The van der Waals surface area contributed by atoms with Gasteiger partial charge in [0.05, 0.1) is 0 Å². The highest BCUT2D eigenvalue weighted by molar-refractivity contribution is 5.63. The fraction of sp³-hybridized carbons (Fsp3) is 0.667. The summed E-state index contributed by atoms with van der Waals surface area (Å²) in [6.07, 6.45) is -1.49. The van der Waals surface area contributed by atoms with E-state index in [4.69, 9.17) is 5.11 Å². The topological polar surface area (TPSA) is 92.9 Å². The average Bonchev–Trinajstić information content (AvgIpc) is 1.81. The lowest BCUT2D eigenvalue weighted by Crippen LogP contribution is -2.31. The molecule has 7 heteroatoms. The maximum absolute atomic E-state index is 9.96. The summed E-state index contributed by atoms with van der Waals surface area (Å²) < 4.78 is 0. The Morgan fingerprint density at radius 2 is 2.40 bits per heavy atom. The third-order valence-electron chi connectivity index (χ3n) is 0.666. The molecule has 10 heavy (non-hydrogen) atoms. The fourth-order valence-electron chi connectivity index (χ4n) is 0.308. The first-order chi connectivity index (χ1) is 4.57. The van der Waals surface area contributed by atoms with Gasteiger partial charge in [0, 0.05) is 6.54 Å². The molecule has 0 atom stereocenters. The number of hydroxylamine groups is 2. The zero-order valence-electron chi connectivity index (χ0n) is 5.18. The first-order valence-electron chi connectivity index (χ1n) is 2.40. The second-order valence-corrected chi connectivity index (χ2v) is 1.28. The summed E-state index contributed by atoms with van der Waals surface area (Å²) in [5.74, 6) is 0. The summed E-state index contributed by atoms with van der Waals surface area (Å²) in [6.45, 7) is 1.33. The molecule has 0 radical (unpaired) electrons. The van der Waals surface area contributed by atoms with Crippen molar-refractivity contribution in [2.75, 3.05) is 6.54 Å². The van der Waals surface area contributed by atoms with Gasteiger partial charge in [-0.15, -0.1) is 15.2 Å². The van der Waals surface area contributed by atoms with E-state index in [1.165, 1.54) is 6.92 Å². The molecule has 0 aliphatic rings. The van der Waals surface area contributed by atoms with Gasteiger partial charge >= 0.3 is 11.2 Å². The fourth-order valence-corrected chi connectivity index (χ4v) is 0.308. The van der Waals surface area contributed by atoms with E-state index in [0.29, 0.717) is 0 Å². The third kappa shape index (κ3) is 2.70. The second-order valence-electron chi connectivity index (χ2n) is 1.28. The molecule has 0 saturated heterocycles.